The van der Waals surface area contributed by atoms with Gasteiger partial charge in [0, 0.05) is 16.7 Å². The third kappa shape index (κ3) is 4.01. The molecule has 0 fully saturated rings. The third-order valence-corrected chi connectivity index (χ3v) is 8.50. The molecule has 1 aromatic heterocycles. The first-order chi connectivity index (χ1) is 21.3. The molecule has 0 atom stereocenters. The van der Waals surface area contributed by atoms with E-state index >= 15 is 0 Å². The molecule has 0 amide bonds. The average molecular weight is 550 g/mol. The van der Waals surface area contributed by atoms with Crippen LogP contribution in [0.4, 0.5) is 0 Å². The minimum atomic E-state index is -0.482. The molecule has 1 aliphatic rings. The van der Waals surface area contributed by atoms with Gasteiger partial charge in [0.1, 0.15) is 11.4 Å². The molecule has 0 spiro atoms. The third-order valence-electron chi connectivity index (χ3n) is 8.50. The number of hydrogen-bond acceptors (Lipinski definition) is 3. The Morgan fingerprint density at radius 1 is 0.372 bits per heavy atom. The number of nitrogens with zero attached hydrogens (tertiary/aromatic N) is 3. The van der Waals surface area contributed by atoms with Gasteiger partial charge in [0.2, 0.25) is 0 Å². The highest BCUT2D eigenvalue weighted by molar-refractivity contribution is 5.88. The van der Waals surface area contributed by atoms with E-state index in [9.17, 15) is 0 Å². The highest BCUT2D eigenvalue weighted by Gasteiger charge is 2.46. The first kappa shape index (κ1) is 25.1. The molecule has 1 heterocycles. The van der Waals surface area contributed by atoms with Crippen LogP contribution in [0, 0.1) is 0 Å². The summed E-state index contributed by atoms with van der Waals surface area (Å²) in [4.78, 5) is 5.18. The summed E-state index contributed by atoms with van der Waals surface area (Å²) in [5.41, 5.74) is 11.5. The summed E-state index contributed by atoms with van der Waals surface area (Å²) < 4.78 is 0. The topological polar surface area (TPSA) is 38.7 Å². The maximum atomic E-state index is 5.18. The van der Waals surface area contributed by atoms with Gasteiger partial charge in [-0.15, -0.1) is 10.2 Å². The Morgan fingerprint density at radius 3 is 1.51 bits per heavy atom. The van der Waals surface area contributed by atoms with Crippen LogP contribution in [0.15, 0.2) is 164 Å². The number of rotatable bonds is 5. The van der Waals surface area contributed by atoms with Crippen molar-refractivity contribution in [1.82, 2.24) is 15.2 Å². The van der Waals surface area contributed by atoms with Crippen molar-refractivity contribution >= 4 is 0 Å². The summed E-state index contributed by atoms with van der Waals surface area (Å²) in [5, 5.41) is 9.49. The van der Waals surface area contributed by atoms with Gasteiger partial charge in [-0.2, -0.15) is 0 Å². The van der Waals surface area contributed by atoms with E-state index < -0.39 is 5.41 Å². The molecular weight excluding hydrogens is 522 g/mol. The Labute approximate surface area is 251 Å². The Bertz CT molecular complexity index is 2020. The Kier molecular flexibility index (Phi) is 6.01. The largest absolute Gasteiger partial charge is 0.224 e. The Morgan fingerprint density at radius 2 is 0.884 bits per heavy atom. The minimum absolute atomic E-state index is 0.482. The van der Waals surface area contributed by atoms with Gasteiger partial charge in [-0.25, -0.2) is 4.98 Å². The van der Waals surface area contributed by atoms with Crippen LogP contribution in [0.3, 0.4) is 0 Å². The SMILES string of the molecule is c1ccc(-c2nnc(-c3ccc4c(c3)C(c3ccccc3)(c3ccccc3)c3ccccc3-4)nc2-c2ccccc2)cc1. The lowest BCUT2D eigenvalue weighted by Gasteiger charge is -2.34. The second-order valence-electron chi connectivity index (χ2n) is 10.9. The van der Waals surface area contributed by atoms with Crippen molar-refractivity contribution < 1.29 is 0 Å². The molecule has 0 N–H and O–H groups in total. The van der Waals surface area contributed by atoms with Crippen LogP contribution < -0.4 is 0 Å². The van der Waals surface area contributed by atoms with Crippen LogP contribution in [0.2, 0.25) is 0 Å². The van der Waals surface area contributed by atoms with E-state index in [0.717, 1.165) is 28.1 Å². The van der Waals surface area contributed by atoms with Crippen molar-refractivity contribution in [3.63, 3.8) is 0 Å². The lowest BCUT2D eigenvalue weighted by molar-refractivity contribution is 0.768. The van der Waals surface area contributed by atoms with Crippen LogP contribution in [-0.4, -0.2) is 15.2 Å². The molecule has 0 saturated heterocycles. The highest BCUT2D eigenvalue weighted by Crippen LogP contribution is 2.56. The van der Waals surface area contributed by atoms with E-state index in [1.54, 1.807) is 0 Å². The molecule has 202 valence electrons. The van der Waals surface area contributed by atoms with Crippen molar-refractivity contribution in [2.75, 3.05) is 0 Å². The molecule has 0 aliphatic heterocycles. The van der Waals surface area contributed by atoms with Gasteiger partial charge in [0.15, 0.2) is 5.82 Å². The molecule has 0 unspecified atom stereocenters. The lowest BCUT2D eigenvalue weighted by Crippen LogP contribution is -2.28. The number of benzene rings is 6. The van der Waals surface area contributed by atoms with Crippen LogP contribution in [0.1, 0.15) is 22.3 Å². The highest BCUT2D eigenvalue weighted by atomic mass is 15.2. The summed E-state index contributed by atoms with van der Waals surface area (Å²) >= 11 is 0. The number of aromatic nitrogens is 3. The van der Waals surface area contributed by atoms with Crippen molar-refractivity contribution in [1.29, 1.82) is 0 Å². The van der Waals surface area contributed by atoms with Crippen LogP contribution in [-0.2, 0) is 5.41 Å². The van der Waals surface area contributed by atoms with Gasteiger partial charge in [0.05, 0.1) is 5.41 Å². The molecule has 0 radical (unpaired) electrons. The molecule has 6 aromatic carbocycles. The second kappa shape index (κ2) is 10.3. The maximum Gasteiger partial charge on any atom is 0.182 e. The summed E-state index contributed by atoms with van der Waals surface area (Å²) in [7, 11) is 0. The van der Waals surface area contributed by atoms with Crippen LogP contribution in [0.25, 0.3) is 45.0 Å². The van der Waals surface area contributed by atoms with Crippen molar-refractivity contribution in [3.8, 4) is 45.0 Å². The molecule has 8 rings (SSSR count). The van der Waals surface area contributed by atoms with E-state index in [2.05, 4.69) is 127 Å². The first-order valence-corrected chi connectivity index (χ1v) is 14.6. The van der Waals surface area contributed by atoms with E-state index in [0.29, 0.717) is 5.82 Å². The molecular formula is C40H27N3. The molecule has 7 aromatic rings. The average Bonchev–Trinajstić information content (AvgIpc) is 3.40. The second-order valence-corrected chi connectivity index (χ2v) is 10.9. The van der Waals surface area contributed by atoms with Crippen molar-refractivity contribution in [2.24, 2.45) is 0 Å². The van der Waals surface area contributed by atoms with Crippen LogP contribution in [0.5, 0.6) is 0 Å². The van der Waals surface area contributed by atoms with Gasteiger partial charge >= 0.3 is 0 Å². The van der Waals surface area contributed by atoms with Gasteiger partial charge in [-0.05, 0) is 39.4 Å². The number of hydrogen-bond donors (Lipinski definition) is 0. The van der Waals surface area contributed by atoms with E-state index in [4.69, 9.17) is 15.2 Å². The van der Waals surface area contributed by atoms with Crippen molar-refractivity contribution in [2.45, 2.75) is 5.41 Å². The molecule has 3 nitrogen and oxygen atoms in total. The maximum absolute atomic E-state index is 5.18. The Hall–Kier alpha value is -5.67. The summed E-state index contributed by atoms with van der Waals surface area (Å²) in [6, 6.07) is 57.5. The predicted molar refractivity (Wildman–Crippen MR) is 173 cm³/mol. The first-order valence-electron chi connectivity index (χ1n) is 14.6. The molecule has 1 aliphatic carbocycles. The number of fused-ring (bicyclic) bond motifs is 3. The minimum Gasteiger partial charge on any atom is -0.224 e. The van der Waals surface area contributed by atoms with Gasteiger partial charge in [-0.1, -0.05) is 158 Å². The Balaban J connectivity index is 1.38. The van der Waals surface area contributed by atoms with E-state index in [-0.39, 0.29) is 0 Å². The smallest absolute Gasteiger partial charge is 0.182 e. The fourth-order valence-corrected chi connectivity index (χ4v) is 6.62. The van der Waals surface area contributed by atoms with Crippen molar-refractivity contribution in [3.05, 3.63) is 186 Å². The quantitative estimate of drug-likeness (QED) is 0.215. The van der Waals surface area contributed by atoms with Gasteiger partial charge in [-0.3, -0.25) is 0 Å². The standard InChI is InChI=1S/C40H27N3/c1-5-15-28(16-6-1)37-38(29-17-7-2-8-18-29)42-43-39(41-37)30-25-26-34-33-23-13-14-24-35(33)40(36(34)27-30,31-19-9-3-10-20-31)32-21-11-4-12-22-32/h1-27H. The van der Waals surface area contributed by atoms with E-state index in [1.807, 2.05) is 36.4 Å². The molecule has 0 bridgehead atoms. The predicted octanol–water partition coefficient (Wildman–Crippen LogP) is 9.24. The summed E-state index contributed by atoms with van der Waals surface area (Å²) in [5.74, 6) is 0.604. The zero-order chi connectivity index (χ0) is 28.6. The fraction of sp³-hybridized carbons (Fsp3) is 0.0250. The van der Waals surface area contributed by atoms with Gasteiger partial charge < -0.3 is 0 Å². The summed E-state index contributed by atoms with van der Waals surface area (Å²) in [6.07, 6.45) is 0. The molecule has 3 heteroatoms. The summed E-state index contributed by atoms with van der Waals surface area (Å²) in [6.45, 7) is 0. The van der Waals surface area contributed by atoms with E-state index in [1.165, 1.54) is 33.4 Å². The molecule has 43 heavy (non-hydrogen) atoms. The molecule has 0 saturated carbocycles. The van der Waals surface area contributed by atoms with Crippen LogP contribution >= 0.6 is 0 Å². The lowest BCUT2D eigenvalue weighted by atomic mass is 9.67. The van der Waals surface area contributed by atoms with Gasteiger partial charge in [0.25, 0.3) is 0 Å². The zero-order valence-electron chi connectivity index (χ0n) is 23.4. The normalized spacial score (nSPS) is 12.8. The monoisotopic (exact) mass is 549 g/mol. The zero-order valence-corrected chi connectivity index (χ0v) is 23.4. The fourth-order valence-electron chi connectivity index (χ4n) is 6.62.